The quantitative estimate of drug-likeness (QED) is 0.0945. The maximum absolute atomic E-state index is 12.1. The van der Waals surface area contributed by atoms with Crippen LogP contribution in [0.15, 0.2) is 0 Å². The third kappa shape index (κ3) is 6.38. The van der Waals surface area contributed by atoms with Crippen molar-refractivity contribution in [1.29, 1.82) is 0 Å². The normalized spacial score (nSPS) is 39.3. The van der Waals surface area contributed by atoms with E-state index in [4.69, 9.17) is 24.1 Å². The van der Waals surface area contributed by atoms with Crippen LogP contribution in [0.3, 0.4) is 0 Å². The van der Waals surface area contributed by atoms with Crippen LogP contribution in [0.4, 0.5) is 0 Å². The molecule has 12 N–H and O–H groups in total. The summed E-state index contributed by atoms with van der Waals surface area (Å²) in [4.78, 5) is 22.8. The molecule has 18 heteroatoms. The van der Waals surface area contributed by atoms with E-state index in [1.807, 2.05) is 0 Å². The Balaban J connectivity index is 0.00000544. The zero-order valence-electron chi connectivity index (χ0n) is 17.2. The van der Waals surface area contributed by atoms with Crippen LogP contribution in [0.25, 0.3) is 0 Å². The fourth-order valence-corrected chi connectivity index (χ4v) is 3.23. The molecule has 0 amide bonds. The molecule has 0 radical (unpaired) electrons. The van der Waals surface area contributed by atoms with Crippen LogP contribution in [0.2, 0.25) is 0 Å². The van der Waals surface area contributed by atoms with Crippen molar-refractivity contribution < 1.29 is 102 Å². The fraction of sp³-hybridized carbons (Fsp3) is 0.875. The van der Waals surface area contributed by atoms with Crippen LogP contribution in [0.1, 0.15) is 0 Å². The van der Waals surface area contributed by atoms with Gasteiger partial charge in [-0.2, -0.15) is 0 Å². The van der Waals surface area contributed by atoms with Gasteiger partial charge in [-0.25, -0.2) is 9.59 Å². The Morgan fingerprint density at radius 2 is 1.44 bits per heavy atom. The molecule has 2 aliphatic rings. The second-order valence-electron chi connectivity index (χ2n) is 7.20. The van der Waals surface area contributed by atoms with Gasteiger partial charge in [-0.05, 0) is 0 Å². The summed E-state index contributed by atoms with van der Waals surface area (Å²) in [5.74, 6) is -6.36. The van der Waals surface area contributed by atoms with Gasteiger partial charge in [0, 0.05) is 17.1 Å². The molecular formula is C16H28FeO17. The van der Waals surface area contributed by atoms with Gasteiger partial charge in [0.25, 0.3) is 0 Å². The van der Waals surface area contributed by atoms with Crippen molar-refractivity contribution in [2.45, 2.75) is 67.0 Å². The van der Waals surface area contributed by atoms with Gasteiger partial charge < -0.3 is 75.5 Å². The number of carboxylic acids is 1. The second kappa shape index (κ2) is 13.3. The first-order valence-corrected chi connectivity index (χ1v) is 9.29. The smallest absolute Gasteiger partial charge is 0.338 e. The van der Waals surface area contributed by atoms with E-state index >= 15 is 0 Å². The molecular weight excluding hydrogens is 520 g/mol. The molecule has 2 saturated heterocycles. The largest absolute Gasteiger partial charge is 0.479 e. The van der Waals surface area contributed by atoms with Crippen LogP contribution in [-0.4, -0.2) is 155 Å². The van der Waals surface area contributed by atoms with E-state index in [9.17, 15) is 55.5 Å². The van der Waals surface area contributed by atoms with Crippen LogP contribution < -0.4 is 0 Å². The molecule has 202 valence electrons. The van der Waals surface area contributed by atoms with Crippen LogP contribution >= 0.6 is 0 Å². The van der Waals surface area contributed by atoms with E-state index in [1.165, 1.54) is 0 Å². The molecule has 0 aromatic heterocycles. The minimum atomic E-state index is -2.63. The summed E-state index contributed by atoms with van der Waals surface area (Å²) in [7, 11) is 0. The Labute approximate surface area is 201 Å². The monoisotopic (exact) mass is 548 g/mol. The molecule has 2 heterocycles. The number of rotatable bonds is 9. The number of carboxylic acid groups (broad SMARTS) is 1. The molecule has 17 nitrogen and oxygen atoms in total. The van der Waals surface area contributed by atoms with E-state index < -0.39 is 98.8 Å². The Morgan fingerprint density at radius 1 is 0.882 bits per heavy atom. The molecule has 0 saturated carbocycles. The topological polar surface area (TPSA) is 305 Å². The third-order valence-corrected chi connectivity index (χ3v) is 5.08. The molecule has 0 aromatic carbocycles. The summed E-state index contributed by atoms with van der Waals surface area (Å²) in [6, 6.07) is 0. The number of ether oxygens (including phenoxy) is 4. The molecule has 11 atom stereocenters. The van der Waals surface area contributed by atoms with Crippen molar-refractivity contribution in [2.24, 2.45) is 0 Å². The minimum Gasteiger partial charge on any atom is -0.479 e. The fourth-order valence-electron chi connectivity index (χ4n) is 3.23. The molecule has 0 aromatic rings. The maximum Gasteiger partial charge on any atom is 0.338 e. The van der Waals surface area contributed by atoms with Gasteiger partial charge in [0.15, 0.2) is 24.6 Å². The molecule has 2 rings (SSSR count). The van der Waals surface area contributed by atoms with E-state index in [-0.39, 0.29) is 22.5 Å². The first-order chi connectivity index (χ1) is 14.9. The average molecular weight is 548 g/mol. The molecule has 2 unspecified atom stereocenters. The number of hydrogen-bond acceptors (Lipinski definition) is 15. The maximum atomic E-state index is 12.1. The Morgan fingerprint density at radius 3 is 1.91 bits per heavy atom. The number of carbonyl (C=O) groups is 2. The van der Waals surface area contributed by atoms with Gasteiger partial charge in [-0.3, -0.25) is 0 Å². The first kappa shape index (κ1) is 32.9. The summed E-state index contributed by atoms with van der Waals surface area (Å²) in [6.45, 7) is -2.99. The summed E-state index contributed by atoms with van der Waals surface area (Å²) in [6.07, 6.45) is -19.9. The predicted molar refractivity (Wildman–Crippen MR) is 95.8 cm³/mol. The predicted octanol–water partition coefficient (Wildman–Crippen LogP) is -7.87. The number of aliphatic hydroxyl groups excluding tert-OH is 9. The van der Waals surface area contributed by atoms with Crippen molar-refractivity contribution in [3.63, 3.8) is 0 Å². The van der Waals surface area contributed by atoms with Crippen LogP contribution in [0.5, 0.6) is 0 Å². The van der Waals surface area contributed by atoms with Gasteiger partial charge in [-0.1, -0.05) is 0 Å². The minimum absolute atomic E-state index is 0. The molecule has 0 bridgehead atoms. The van der Waals surface area contributed by atoms with E-state index in [0.717, 1.165) is 0 Å². The zero-order valence-corrected chi connectivity index (χ0v) is 18.3. The first-order valence-electron chi connectivity index (χ1n) is 9.29. The summed E-state index contributed by atoms with van der Waals surface area (Å²) >= 11 is 0. The number of esters is 1. The summed E-state index contributed by atoms with van der Waals surface area (Å²) in [5, 5.41) is 96.3. The van der Waals surface area contributed by atoms with E-state index in [2.05, 4.69) is 0 Å². The summed E-state index contributed by atoms with van der Waals surface area (Å²) in [5.41, 5.74) is 0. The zero-order chi connectivity index (χ0) is 24.4. The Bertz CT molecular complexity index is 665. The summed E-state index contributed by atoms with van der Waals surface area (Å²) < 4.78 is 20.5. The van der Waals surface area contributed by atoms with Crippen molar-refractivity contribution in [3.8, 4) is 0 Å². The van der Waals surface area contributed by atoms with Gasteiger partial charge in [0.05, 0.1) is 13.2 Å². The Hall–Kier alpha value is -1.06. The standard InChI is InChI=1S/C16H26O16.Fe.H2O/c17-1-4-6(20)8(22)11(25)15(29-4)32-16(3-19)12(7(21)5(2-18)31-16)30-14(28)10(24)9(23)13(26)27;;/h4-12,15,17-25H,1-3H2,(H,26,27);;1H2/t4-,5-,6-,7-,8+,9?,10?,11-,12+,15-,16+;;/m1../s1. The van der Waals surface area contributed by atoms with Gasteiger partial charge in [0.2, 0.25) is 5.79 Å². The third-order valence-electron chi connectivity index (χ3n) is 5.08. The van der Waals surface area contributed by atoms with Crippen LogP contribution in [-0.2, 0) is 45.6 Å². The molecule has 34 heavy (non-hydrogen) atoms. The van der Waals surface area contributed by atoms with Crippen molar-refractivity contribution in [3.05, 3.63) is 0 Å². The average Bonchev–Trinajstić information content (AvgIpc) is 3.04. The molecule has 2 fully saturated rings. The van der Waals surface area contributed by atoms with Gasteiger partial charge in [-0.15, -0.1) is 0 Å². The molecule has 2 aliphatic heterocycles. The Kier molecular flexibility index (Phi) is 12.9. The molecule has 0 spiro atoms. The van der Waals surface area contributed by atoms with Crippen LogP contribution in [0, 0.1) is 0 Å². The van der Waals surface area contributed by atoms with Gasteiger partial charge >= 0.3 is 11.9 Å². The van der Waals surface area contributed by atoms with Crippen molar-refractivity contribution in [1.82, 2.24) is 0 Å². The number of aliphatic hydroxyl groups is 9. The van der Waals surface area contributed by atoms with Gasteiger partial charge in [0.1, 0.15) is 43.2 Å². The SMILES string of the molecule is O.O=C(O)C(O)C(O)C(=O)O[C@H]1[C@H](O)[C@@H](CO)O[C@@]1(CO)O[C@H]1O[C@H](CO)[C@@H](O)[C@H](O)[C@H]1O.[Fe]. The number of aliphatic carboxylic acids is 1. The van der Waals surface area contributed by atoms with Crippen molar-refractivity contribution >= 4 is 11.9 Å². The van der Waals surface area contributed by atoms with E-state index in [1.54, 1.807) is 0 Å². The number of hydrogen-bond donors (Lipinski definition) is 10. The second-order valence-corrected chi connectivity index (χ2v) is 7.20. The van der Waals surface area contributed by atoms with E-state index in [0.29, 0.717) is 0 Å². The number of carbonyl (C=O) groups excluding carboxylic acids is 1. The van der Waals surface area contributed by atoms with Crippen molar-refractivity contribution in [2.75, 3.05) is 19.8 Å². The molecule has 0 aliphatic carbocycles.